The summed E-state index contributed by atoms with van der Waals surface area (Å²) in [5.41, 5.74) is 0. The van der Waals surface area contributed by atoms with Gasteiger partial charge in [-0.25, -0.2) is 0 Å². The highest BCUT2D eigenvalue weighted by atomic mass is 16.6. The molecule has 0 rings (SSSR count). The molecule has 0 aliphatic heterocycles. The second-order valence-electron chi connectivity index (χ2n) is 19.5. The van der Waals surface area contributed by atoms with E-state index < -0.39 is 6.10 Å². The summed E-state index contributed by atoms with van der Waals surface area (Å²) in [6.45, 7) is 7.81. The Morgan fingerprint density at radius 2 is 0.636 bits per heavy atom. The monoisotopic (exact) mass is 925 g/mol. The molecule has 0 saturated carbocycles. The molecule has 0 aromatic rings. The minimum atomic E-state index is -0.538. The van der Waals surface area contributed by atoms with Crippen LogP contribution in [0.3, 0.4) is 0 Å². The molecule has 0 aromatic heterocycles. The van der Waals surface area contributed by atoms with Gasteiger partial charge in [0, 0.05) is 19.4 Å². The summed E-state index contributed by atoms with van der Waals surface area (Å²) >= 11 is 0. The average Bonchev–Trinajstić information content (AvgIpc) is 3.32. The highest BCUT2D eigenvalue weighted by Gasteiger charge is 2.17. The zero-order valence-electron chi connectivity index (χ0n) is 44.5. The fourth-order valence-corrected chi connectivity index (χ4v) is 8.45. The van der Waals surface area contributed by atoms with Crippen molar-refractivity contribution in [2.45, 2.75) is 309 Å². The second kappa shape index (κ2) is 57.2. The van der Waals surface area contributed by atoms with Gasteiger partial charge < -0.3 is 14.2 Å². The Morgan fingerprint density at radius 3 is 1.03 bits per heavy atom. The first-order valence-electron chi connectivity index (χ1n) is 29.2. The average molecular weight is 926 g/mol. The van der Waals surface area contributed by atoms with Gasteiger partial charge in [-0.05, 0) is 83.5 Å². The Hall–Kier alpha value is -2.14. The highest BCUT2D eigenvalue weighted by molar-refractivity contribution is 5.70. The standard InChI is InChI=1S/C61H112O5/c1-4-7-10-13-16-19-22-25-27-29-31-32-34-37-39-42-45-48-51-54-60(62)65-58-59(66-61(63)55-52-49-46-43-40-36-24-21-18-15-12-9-6-3)57-64-56-53-50-47-44-41-38-35-33-30-28-26-23-20-17-14-11-8-5-2/h16-17,19-20,25-28,59H,4-15,18,21-24,29-58H2,1-3H3/b19-16-,20-17-,27-25-,28-26-. The molecule has 0 radical (unpaired) electrons. The second-order valence-corrected chi connectivity index (χ2v) is 19.5. The van der Waals surface area contributed by atoms with E-state index in [4.69, 9.17) is 14.2 Å². The molecule has 5 nitrogen and oxygen atoms in total. The van der Waals surface area contributed by atoms with Crippen molar-refractivity contribution in [3.8, 4) is 0 Å². The van der Waals surface area contributed by atoms with Crippen molar-refractivity contribution in [3.63, 3.8) is 0 Å². The van der Waals surface area contributed by atoms with Crippen LogP contribution in [0.25, 0.3) is 0 Å². The molecule has 0 N–H and O–H groups in total. The molecule has 0 bridgehead atoms. The van der Waals surface area contributed by atoms with Crippen LogP contribution < -0.4 is 0 Å². The maximum absolute atomic E-state index is 12.8. The number of allylic oxidation sites excluding steroid dienone is 8. The summed E-state index contributed by atoms with van der Waals surface area (Å²) < 4.78 is 17.5. The molecule has 5 heteroatoms. The van der Waals surface area contributed by atoms with Crippen LogP contribution in [0.15, 0.2) is 48.6 Å². The summed E-state index contributed by atoms with van der Waals surface area (Å²) in [6.07, 6.45) is 71.3. The van der Waals surface area contributed by atoms with Crippen LogP contribution in [0.1, 0.15) is 303 Å². The van der Waals surface area contributed by atoms with E-state index in [2.05, 4.69) is 69.4 Å². The van der Waals surface area contributed by atoms with Gasteiger partial charge >= 0.3 is 11.9 Å². The molecule has 0 heterocycles. The van der Waals surface area contributed by atoms with E-state index in [1.54, 1.807) is 0 Å². The smallest absolute Gasteiger partial charge is 0.306 e. The number of rotatable bonds is 54. The minimum absolute atomic E-state index is 0.0844. The van der Waals surface area contributed by atoms with Crippen LogP contribution in [-0.4, -0.2) is 37.9 Å². The minimum Gasteiger partial charge on any atom is -0.462 e. The Bertz CT molecular complexity index is 1090. The van der Waals surface area contributed by atoms with Gasteiger partial charge in [0.1, 0.15) is 6.61 Å². The lowest BCUT2D eigenvalue weighted by atomic mass is 10.0. The predicted octanol–water partition coefficient (Wildman–Crippen LogP) is 19.9. The lowest BCUT2D eigenvalue weighted by Crippen LogP contribution is -2.30. The van der Waals surface area contributed by atoms with Crippen molar-refractivity contribution in [1.29, 1.82) is 0 Å². The predicted molar refractivity (Wildman–Crippen MR) is 288 cm³/mol. The Balaban J connectivity index is 4.23. The number of esters is 2. The van der Waals surface area contributed by atoms with Crippen LogP contribution in [0.2, 0.25) is 0 Å². The quantitative estimate of drug-likeness (QED) is 0.0345. The van der Waals surface area contributed by atoms with E-state index in [-0.39, 0.29) is 25.2 Å². The van der Waals surface area contributed by atoms with Crippen molar-refractivity contribution < 1.29 is 23.8 Å². The Kier molecular flexibility index (Phi) is 55.3. The highest BCUT2D eigenvalue weighted by Crippen LogP contribution is 2.16. The largest absolute Gasteiger partial charge is 0.462 e. The lowest BCUT2D eigenvalue weighted by molar-refractivity contribution is -0.163. The third-order valence-corrected chi connectivity index (χ3v) is 12.8. The van der Waals surface area contributed by atoms with E-state index >= 15 is 0 Å². The maximum Gasteiger partial charge on any atom is 0.306 e. The van der Waals surface area contributed by atoms with E-state index in [0.29, 0.717) is 19.4 Å². The number of hydrogen-bond donors (Lipinski definition) is 0. The van der Waals surface area contributed by atoms with Crippen LogP contribution in [0.5, 0.6) is 0 Å². The molecule has 0 fully saturated rings. The first kappa shape index (κ1) is 63.9. The summed E-state index contributed by atoms with van der Waals surface area (Å²) in [7, 11) is 0. The normalized spacial score (nSPS) is 12.5. The van der Waals surface area contributed by atoms with Gasteiger partial charge in [-0.1, -0.05) is 256 Å². The zero-order valence-corrected chi connectivity index (χ0v) is 44.5. The zero-order chi connectivity index (χ0) is 47.7. The maximum atomic E-state index is 12.8. The lowest BCUT2D eigenvalue weighted by Gasteiger charge is -2.18. The summed E-state index contributed by atoms with van der Waals surface area (Å²) in [4.78, 5) is 25.5. The molecule has 66 heavy (non-hydrogen) atoms. The summed E-state index contributed by atoms with van der Waals surface area (Å²) in [5, 5.41) is 0. The molecule has 0 spiro atoms. The van der Waals surface area contributed by atoms with Crippen molar-refractivity contribution in [1.82, 2.24) is 0 Å². The van der Waals surface area contributed by atoms with E-state index in [9.17, 15) is 9.59 Å². The van der Waals surface area contributed by atoms with Crippen molar-refractivity contribution in [2.75, 3.05) is 19.8 Å². The van der Waals surface area contributed by atoms with E-state index in [0.717, 1.165) is 51.4 Å². The van der Waals surface area contributed by atoms with Gasteiger partial charge in [0.25, 0.3) is 0 Å². The van der Waals surface area contributed by atoms with Crippen molar-refractivity contribution in [3.05, 3.63) is 48.6 Å². The van der Waals surface area contributed by atoms with E-state index in [1.807, 2.05) is 0 Å². The molecular formula is C61H112O5. The van der Waals surface area contributed by atoms with Crippen molar-refractivity contribution >= 4 is 11.9 Å². The first-order valence-corrected chi connectivity index (χ1v) is 29.2. The molecule has 1 atom stereocenters. The molecule has 1 unspecified atom stereocenters. The molecule has 0 aliphatic rings. The van der Waals surface area contributed by atoms with Crippen LogP contribution >= 0.6 is 0 Å². The molecule has 386 valence electrons. The van der Waals surface area contributed by atoms with Gasteiger partial charge in [-0.15, -0.1) is 0 Å². The molecule has 0 aliphatic carbocycles. The third kappa shape index (κ3) is 54.5. The SMILES string of the molecule is CCCCC/C=C\C/C=C\CCCCCCCCCCCC(=O)OCC(COCCCCCCCCCC/C=C\C/C=C\CCCCC)OC(=O)CCCCCCCCCCCCCCC. The summed E-state index contributed by atoms with van der Waals surface area (Å²) in [5.74, 6) is -0.390. The van der Waals surface area contributed by atoms with Gasteiger partial charge in [-0.2, -0.15) is 0 Å². The first-order chi connectivity index (χ1) is 32.6. The fraction of sp³-hybridized carbons (Fsp3) is 0.836. The van der Waals surface area contributed by atoms with Gasteiger partial charge in [0.15, 0.2) is 6.10 Å². The van der Waals surface area contributed by atoms with Gasteiger partial charge in [-0.3, -0.25) is 9.59 Å². The third-order valence-electron chi connectivity index (χ3n) is 12.8. The van der Waals surface area contributed by atoms with E-state index in [1.165, 1.54) is 218 Å². The number of ether oxygens (including phenoxy) is 3. The van der Waals surface area contributed by atoms with Crippen LogP contribution in [-0.2, 0) is 23.8 Å². The van der Waals surface area contributed by atoms with Crippen molar-refractivity contribution in [2.24, 2.45) is 0 Å². The molecule has 0 aromatic carbocycles. The number of unbranched alkanes of at least 4 members (excludes halogenated alkanes) is 35. The Morgan fingerprint density at radius 1 is 0.333 bits per heavy atom. The Labute approximate surface area is 412 Å². The molecule has 0 amide bonds. The molecule has 0 saturated heterocycles. The van der Waals surface area contributed by atoms with Crippen LogP contribution in [0, 0.1) is 0 Å². The fourth-order valence-electron chi connectivity index (χ4n) is 8.45. The van der Waals surface area contributed by atoms with Crippen LogP contribution in [0.4, 0.5) is 0 Å². The number of carbonyl (C=O) groups is 2. The van der Waals surface area contributed by atoms with Gasteiger partial charge in [0.05, 0.1) is 6.61 Å². The van der Waals surface area contributed by atoms with Gasteiger partial charge in [0.2, 0.25) is 0 Å². The number of hydrogen-bond acceptors (Lipinski definition) is 5. The topological polar surface area (TPSA) is 61.8 Å². The summed E-state index contributed by atoms with van der Waals surface area (Å²) in [6, 6.07) is 0. The molecular weight excluding hydrogens is 813 g/mol. The number of carbonyl (C=O) groups excluding carboxylic acids is 2.